The highest BCUT2D eigenvalue weighted by Crippen LogP contribution is 2.20. The topological polar surface area (TPSA) is 52.3 Å². The third kappa shape index (κ3) is 1.90. The monoisotopic (exact) mass is 197 g/mol. The van der Waals surface area contributed by atoms with Crippen LogP contribution in [-0.4, -0.2) is 18.9 Å². The molecule has 1 aromatic carbocycles. The fourth-order valence-corrected chi connectivity index (χ4v) is 1.10. The summed E-state index contributed by atoms with van der Waals surface area (Å²) in [5.74, 6) is -1.03. The van der Waals surface area contributed by atoms with E-state index in [0.29, 0.717) is 0 Å². The van der Waals surface area contributed by atoms with Crippen molar-refractivity contribution in [3.05, 3.63) is 29.6 Å². The van der Waals surface area contributed by atoms with E-state index in [0.717, 1.165) is 0 Å². The van der Waals surface area contributed by atoms with Crippen LogP contribution in [0.25, 0.3) is 0 Å². The lowest BCUT2D eigenvalue weighted by Crippen LogP contribution is -2.27. The molecule has 0 fully saturated rings. The Bertz CT molecular complexity index is 350. The van der Waals surface area contributed by atoms with Gasteiger partial charge < -0.3 is 10.5 Å². The smallest absolute Gasteiger partial charge is 0.182 e. The van der Waals surface area contributed by atoms with E-state index < -0.39 is 17.6 Å². The van der Waals surface area contributed by atoms with Crippen LogP contribution in [0.15, 0.2) is 18.2 Å². The zero-order chi connectivity index (χ0) is 10.7. The summed E-state index contributed by atoms with van der Waals surface area (Å²) in [6.45, 7) is 1.52. The van der Waals surface area contributed by atoms with Gasteiger partial charge in [-0.25, -0.2) is 4.39 Å². The first-order chi connectivity index (χ1) is 6.57. The summed E-state index contributed by atoms with van der Waals surface area (Å²) in [7, 11) is 1.35. The number of ketones is 1. The highest BCUT2D eigenvalue weighted by Gasteiger charge is 2.17. The molecule has 1 rings (SSSR count). The largest absolute Gasteiger partial charge is 0.494 e. The van der Waals surface area contributed by atoms with Crippen molar-refractivity contribution in [3.8, 4) is 5.75 Å². The number of carbonyl (C=O) groups excluding carboxylic acids is 1. The Hall–Kier alpha value is -1.42. The summed E-state index contributed by atoms with van der Waals surface area (Å²) < 4.78 is 18.2. The summed E-state index contributed by atoms with van der Waals surface area (Å²) in [6.07, 6.45) is 0. The fraction of sp³-hybridized carbons (Fsp3) is 0.300. The number of hydrogen-bond acceptors (Lipinski definition) is 3. The summed E-state index contributed by atoms with van der Waals surface area (Å²) in [5.41, 5.74) is 5.34. The van der Waals surface area contributed by atoms with E-state index in [1.54, 1.807) is 6.07 Å². The summed E-state index contributed by atoms with van der Waals surface area (Å²) >= 11 is 0. The van der Waals surface area contributed by atoms with Gasteiger partial charge in [0.2, 0.25) is 0 Å². The standard InChI is InChI=1S/C10H12FNO2/c1-6(12)10(13)7-4-3-5-8(14-2)9(7)11/h3-6H,12H2,1-2H3. The molecule has 0 aliphatic rings. The van der Waals surface area contributed by atoms with Crippen LogP contribution in [0.5, 0.6) is 5.75 Å². The minimum absolute atomic E-state index is 0.0284. The number of nitrogens with two attached hydrogens (primary N) is 1. The third-order valence-corrected chi connectivity index (χ3v) is 1.86. The number of halogens is 1. The van der Waals surface area contributed by atoms with Crippen molar-refractivity contribution in [1.29, 1.82) is 0 Å². The van der Waals surface area contributed by atoms with E-state index in [1.807, 2.05) is 0 Å². The van der Waals surface area contributed by atoms with Crippen LogP contribution in [0.4, 0.5) is 4.39 Å². The number of carbonyl (C=O) groups is 1. The van der Waals surface area contributed by atoms with Gasteiger partial charge in [-0.05, 0) is 19.1 Å². The van der Waals surface area contributed by atoms with Gasteiger partial charge in [0.25, 0.3) is 0 Å². The predicted octanol–water partition coefficient (Wildman–Crippen LogP) is 1.36. The molecule has 0 amide bonds. The van der Waals surface area contributed by atoms with Crippen molar-refractivity contribution >= 4 is 5.78 Å². The van der Waals surface area contributed by atoms with Crippen molar-refractivity contribution < 1.29 is 13.9 Å². The average molecular weight is 197 g/mol. The molecule has 0 spiro atoms. The van der Waals surface area contributed by atoms with Crippen LogP contribution < -0.4 is 10.5 Å². The second-order valence-electron chi connectivity index (χ2n) is 2.97. The molecule has 0 heterocycles. The molecule has 76 valence electrons. The van der Waals surface area contributed by atoms with Crippen LogP contribution in [0.3, 0.4) is 0 Å². The third-order valence-electron chi connectivity index (χ3n) is 1.86. The van der Waals surface area contributed by atoms with Gasteiger partial charge in [0, 0.05) is 0 Å². The molecular formula is C10H12FNO2. The second kappa shape index (κ2) is 4.19. The van der Waals surface area contributed by atoms with Gasteiger partial charge in [0.05, 0.1) is 18.7 Å². The molecular weight excluding hydrogens is 185 g/mol. The molecule has 0 saturated carbocycles. The molecule has 4 heteroatoms. The van der Waals surface area contributed by atoms with Gasteiger partial charge in [-0.2, -0.15) is 0 Å². The Morgan fingerprint density at radius 3 is 2.71 bits per heavy atom. The summed E-state index contributed by atoms with van der Waals surface area (Å²) in [6, 6.07) is 3.69. The maximum absolute atomic E-state index is 13.5. The molecule has 0 aliphatic heterocycles. The van der Waals surface area contributed by atoms with Crippen molar-refractivity contribution in [1.82, 2.24) is 0 Å². The van der Waals surface area contributed by atoms with Crippen molar-refractivity contribution in [3.63, 3.8) is 0 Å². The van der Waals surface area contributed by atoms with Crippen LogP contribution in [-0.2, 0) is 0 Å². The van der Waals surface area contributed by atoms with Gasteiger partial charge in [0.1, 0.15) is 0 Å². The van der Waals surface area contributed by atoms with Gasteiger partial charge in [-0.3, -0.25) is 4.79 Å². The first-order valence-electron chi connectivity index (χ1n) is 4.20. The number of methoxy groups -OCH3 is 1. The Labute approximate surface area is 81.7 Å². The van der Waals surface area contributed by atoms with E-state index in [-0.39, 0.29) is 11.3 Å². The number of rotatable bonds is 3. The molecule has 3 nitrogen and oxygen atoms in total. The molecule has 0 saturated heterocycles. The predicted molar refractivity (Wildman–Crippen MR) is 50.9 cm³/mol. The average Bonchev–Trinajstić information content (AvgIpc) is 2.17. The van der Waals surface area contributed by atoms with Gasteiger partial charge in [-0.1, -0.05) is 6.07 Å². The Morgan fingerprint density at radius 1 is 1.57 bits per heavy atom. The number of Topliss-reactive ketones (excluding diaryl/α,β-unsaturated/α-hetero) is 1. The zero-order valence-corrected chi connectivity index (χ0v) is 8.08. The molecule has 0 aromatic heterocycles. The van der Waals surface area contributed by atoms with Crippen LogP contribution in [0.1, 0.15) is 17.3 Å². The Balaban J connectivity index is 3.16. The molecule has 0 radical (unpaired) electrons. The quantitative estimate of drug-likeness (QED) is 0.744. The number of benzene rings is 1. The van der Waals surface area contributed by atoms with Crippen molar-refractivity contribution in [2.45, 2.75) is 13.0 Å². The summed E-state index contributed by atoms with van der Waals surface area (Å²) in [4.78, 5) is 11.4. The number of hydrogen-bond donors (Lipinski definition) is 1. The van der Waals surface area contributed by atoms with Gasteiger partial charge in [0.15, 0.2) is 17.3 Å². The molecule has 1 unspecified atom stereocenters. The van der Waals surface area contributed by atoms with E-state index in [2.05, 4.69) is 0 Å². The number of ether oxygens (including phenoxy) is 1. The lowest BCUT2D eigenvalue weighted by molar-refractivity contribution is 0.0963. The van der Waals surface area contributed by atoms with Crippen LogP contribution in [0.2, 0.25) is 0 Å². The minimum Gasteiger partial charge on any atom is -0.494 e. The van der Waals surface area contributed by atoms with Gasteiger partial charge >= 0.3 is 0 Å². The maximum atomic E-state index is 13.5. The Kier molecular flexibility index (Phi) is 3.19. The Morgan fingerprint density at radius 2 is 2.21 bits per heavy atom. The second-order valence-corrected chi connectivity index (χ2v) is 2.97. The van der Waals surface area contributed by atoms with Crippen LogP contribution >= 0.6 is 0 Å². The van der Waals surface area contributed by atoms with E-state index >= 15 is 0 Å². The van der Waals surface area contributed by atoms with E-state index in [1.165, 1.54) is 26.2 Å². The molecule has 0 bridgehead atoms. The minimum atomic E-state index is -0.711. The van der Waals surface area contributed by atoms with E-state index in [4.69, 9.17) is 10.5 Å². The van der Waals surface area contributed by atoms with Crippen molar-refractivity contribution in [2.24, 2.45) is 5.73 Å². The highest BCUT2D eigenvalue weighted by molar-refractivity contribution is 6.00. The highest BCUT2D eigenvalue weighted by atomic mass is 19.1. The SMILES string of the molecule is COc1cccc(C(=O)C(C)N)c1F. The first-order valence-corrected chi connectivity index (χ1v) is 4.20. The molecule has 1 aromatic rings. The molecule has 2 N–H and O–H groups in total. The molecule has 0 aliphatic carbocycles. The summed E-state index contributed by atoms with van der Waals surface area (Å²) in [5, 5.41) is 0. The maximum Gasteiger partial charge on any atom is 0.182 e. The van der Waals surface area contributed by atoms with Gasteiger partial charge in [-0.15, -0.1) is 0 Å². The normalized spacial score (nSPS) is 12.3. The lowest BCUT2D eigenvalue weighted by atomic mass is 10.1. The molecule has 14 heavy (non-hydrogen) atoms. The van der Waals surface area contributed by atoms with E-state index in [9.17, 15) is 9.18 Å². The lowest BCUT2D eigenvalue weighted by Gasteiger charge is -2.08. The van der Waals surface area contributed by atoms with Crippen LogP contribution in [0, 0.1) is 5.82 Å². The first kappa shape index (κ1) is 10.7. The fourth-order valence-electron chi connectivity index (χ4n) is 1.10. The van der Waals surface area contributed by atoms with Crippen molar-refractivity contribution in [2.75, 3.05) is 7.11 Å². The zero-order valence-electron chi connectivity index (χ0n) is 8.08. The molecule has 1 atom stereocenters.